The molecule has 0 spiro atoms. The van der Waals surface area contributed by atoms with Crippen molar-refractivity contribution in [2.24, 2.45) is 0 Å². The number of carbonyl (C=O) groups excluding carboxylic acids is 2. The van der Waals surface area contributed by atoms with Crippen LogP contribution in [-0.2, 0) is 16.1 Å². The average molecular weight is 383 g/mol. The van der Waals surface area contributed by atoms with Gasteiger partial charge in [0, 0.05) is 0 Å². The lowest BCUT2D eigenvalue weighted by Crippen LogP contribution is -2.38. The third-order valence-electron chi connectivity index (χ3n) is 4.05. The molecule has 2 aromatic carbocycles. The van der Waals surface area contributed by atoms with E-state index < -0.39 is 17.5 Å². The second-order valence-corrected chi connectivity index (χ2v) is 7.46. The summed E-state index contributed by atoms with van der Waals surface area (Å²) in [6, 6.07) is 11.2. The number of rotatable bonds is 4. The van der Waals surface area contributed by atoms with Gasteiger partial charge in [-0.3, -0.25) is 4.79 Å². The molecule has 1 heterocycles. The first-order valence-corrected chi connectivity index (χ1v) is 8.77. The van der Waals surface area contributed by atoms with Gasteiger partial charge in [-0.1, -0.05) is 12.1 Å². The summed E-state index contributed by atoms with van der Waals surface area (Å²) in [6.45, 7) is 5.41. The average Bonchev–Trinajstić information content (AvgIpc) is 2.62. The van der Waals surface area contributed by atoms with E-state index in [1.807, 2.05) is 0 Å². The van der Waals surface area contributed by atoms with Crippen LogP contribution >= 0.6 is 0 Å². The molecule has 0 saturated carbocycles. The van der Waals surface area contributed by atoms with E-state index in [9.17, 15) is 19.5 Å². The number of aromatic carboxylic acids is 1. The summed E-state index contributed by atoms with van der Waals surface area (Å²) < 4.78 is 10.8. The number of anilines is 1. The Morgan fingerprint density at radius 1 is 1.14 bits per heavy atom. The summed E-state index contributed by atoms with van der Waals surface area (Å²) in [4.78, 5) is 37.4. The summed E-state index contributed by atoms with van der Waals surface area (Å²) in [5.41, 5.74) is 0.931. The maximum atomic E-state index is 12.4. The third-order valence-corrected chi connectivity index (χ3v) is 4.05. The lowest BCUT2D eigenvalue weighted by atomic mass is 10.1. The van der Waals surface area contributed by atoms with Crippen molar-refractivity contribution in [1.29, 1.82) is 0 Å². The number of hydrogen-bond donors (Lipinski definition) is 1. The van der Waals surface area contributed by atoms with Gasteiger partial charge in [0.2, 0.25) is 0 Å². The first-order chi connectivity index (χ1) is 13.1. The molecular weight excluding hydrogens is 362 g/mol. The van der Waals surface area contributed by atoms with Gasteiger partial charge in [-0.15, -0.1) is 0 Å². The molecule has 0 saturated heterocycles. The molecule has 0 radical (unpaired) electrons. The molecule has 1 N–H and O–H groups in total. The van der Waals surface area contributed by atoms with Crippen LogP contribution in [0.5, 0.6) is 5.75 Å². The predicted molar refractivity (Wildman–Crippen MR) is 102 cm³/mol. The van der Waals surface area contributed by atoms with Crippen LogP contribution < -0.4 is 9.64 Å². The minimum atomic E-state index is -1.09. The number of benzene rings is 2. The van der Waals surface area contributed by atoms with Gasteiger partial charge in [0.25, 0.3) is 5.91 Å². The molecule has 1 aliphatic heterocycles. The largest absolute Gasteiger partial charge is 0.482 e. The second-order valence-electron chi connectivity index (χ2n) is 7.46. The molecule has 0 unspecified atom stereocenters. The van der Waals surface area contributed by atoms with Gasteiger partial charge < -0.3 is 19.5 Å². The van der Waals surface area contributed by atoms with E-state index in [0.29, 0.717) is 22.6 Å². The number of carboxylic acid groups (broad SMARTS) is 1. The molecule has 7 heteroatoms. The fourth-order valence-corrected chi connectivity index (χ4v) is 2.82. The summed E-state index contributed by atoms with van der Waals surface area (Å²) in [5, 5.41) is 9.22. The SMILES string of the molecule is CC(C)(C)OC(=O)c1cccc(CN2C(=O)COc3ccc(C(=O)O)cc32)c1. The Balaban J connectivity index is 1.89. The number of nitrogens with zero attached hydrogens (tertiary/aromatic N) is 1. The summed E-state index contributed by atoms with van der Waals surface area (Å²) in [6.07, 6.45) is 0. The molecule has 0 atom stereocenters. The highest BCUT2D eigenvalue weighted by atomic mass is 16.6. The lowest BCUT2D eigenvalue weighted by Gasteiger charge is -2.29. The van der Waals surface area contributed by atoms with Gasteiger partial charge in [-0.05, 0) is 56.7 Å². The van der Waals surface area contributed by atoms with Crippen molar-refractivity contribution >= 4 is 23.5 Å². The maximum absolute atomic E-state index is 12.4. The Morgan fingerprint density at radius 2 is 1.89 bits per heavy atom. The van der Waals surface area contributed by atoms with Gasteiger partial charge in [-0.25, -0.2) is 9.59 Å². The van der Waals surface area contributed by atoms with E-state index in [-0.39, 0.29) is 24.6 Å². The summed E-state index contributed by atoms with van der Waals surface area (Å²) in [7, 11) is 0. The molecule has 0 bridgehead atoms. The molecule has 0 aromatic heterocycles. The van der Waals surface area contributed by atoms with E-state index in [1.54, 1.807) is 45.0 Å². The Kier molecular flexibility index (Phi) is 5.09. The topological polar surface area (TPSA) is 93.1 Å². The number of ether oxygens (including phenoxy) is 2. The van der Waals surface area contributed by atoms with E-state index in [2.05, 4.69) is 0 Å². The number of amides is 1. The summed E-state index contributed by atoms with van der Waals surface area (Å²) >= 11 is 0. The minimum absolute atomic E-state index is 0.0598. The first kappa shape index (κ1) is 19.4. The van der Waals surface area contributed by atoms with Crippen LogP contribution in [0.4, 0.5) is 5.69 Å². The van der Waals surface area contributed by atoms with Crippen LogP contribution in [0.15, 0.2) is 42.5 Å². The smallest absolute Gasteiger partial charge is 0.338 e. The highest BCUT2D eigenvalue weighted by Crippen LogP contribution is 2.34. The quantitative estimate of drug-likeness (QED) is 0.815. The number of hydrogen-bond acceptors (Lipinski definition) is 5. The zero-order chi connectivity index (χ0) is 20.5. The van der Waals surface area contributed by atoms with Crippen molar-refractivity contribution in [2.45, 2.75) is 32.9 Å². The van der Waals surface area contributed by atoms with Crippen LogP contribution in [0.25, 0.3) is 0 Å². The molecule has 0 aliphatic carbocycles. The van der Waals surface area contributed by atoms with Crippen molar-refractivity contribution in [3.63, 3.8) is 0 Å². The van der Waals surface area contributed by atoms with Gasteiger partial charge in [0.05, 0.1) is 23.4 Å². The second kappa shape index (κ2) is 7.34. The van der Waals surface area contributed by atoms with Crippen molar-refractivity contribution < 1.29 is 29.0 Å². The van der Waals surface area contributed by atoms with Crippen molar-refractivity contribution in [3.05, 3.63) is 59.2 Å². The van der Waals surface area contributed by atoms with E-state index >= 15 is 0 Å². The zero-order valence-corrected chi connectivity index (χ0v) is 15.9. The standard InChI is InChI=1S/C21H21NO6/c1-21(2,3)28-20(26)15-6-4-5-13(9-15)11-22-16-10-14(19(24)25)7-8-17(16)27-12-18(22)23/h4-10H,11-12H2,1-3H3,(H,24,25). The number of carboxylic acids is 1. The van der Waals surface area contributed by atoms with Crippen LogP contribution in [0, 0.1) is 0 Å². The van der Waals surface area contributed by atoms with E-state index in [1.165, 1.54) is 23.1 Å². The molecular formula is C21H21NO6. The van der Waals surface area contributed by atoms with Crippen molar-refractivity contribution in [2.75, 3.05) is 11.5 Å². The molecule has 1 amide bonds. The van der Waals surface area contributed by atoms with Gasteiger partial charge >= 0.3 is 11.9 Å². The highest BCUT2D eigenvalue weighted by Gasteiger charge is 2.27. The number of esters is 1. The maximum Gasteiger partial charge on any atom is 0.338 e. The number of fused-ring (bicyclic) bond motifs is 1. The Hall–Kier alpha value is -3.35. The van der Waals surface area contributed by atoms with Gasteiger partial charge in [0.1, 0.15) is 11.4 Å². The molecule has 3 rings (SSSR count). The van der Waals surface area contributed by atoms with Crippen LogP contribution in [0.2, 0.25) is 0 Å². The predicted octanol–water partition coefficient (Wildman–Crippen LogP) is 3.27. The molecule has 0 fully saturated rings. The lowest BCUT2D eigenvalue weighted by molar-refractivity contribution is -0.121. The van der Waals surface area contributed by atoms with Crippen molar-refractivity contribution in [1.82, 2.24) is 0 Å². The molecule has 7 nitrogen and oxygen atoms in total. The van der Waals surface area contributed by atoms with Crippen LogP contribution in [-0.4, -0.2) is 35.2 Å². The summed E-state index contributed by atoms with van der Waals surface area (Å²) in [5.74, 6) is -1.39. The third kappa shape index (κ3) is 4.31. The molecule has 28 heavy (non-hydrogen) atoms. The highest BCUT2D eigenvalue weighted by molar-refractivity contribution is 6.00. The van der Waals surface area contributed by atoms with Crippen LogP contribution in [0.3, 0.4) is 0 Å². The van der Waals surface area contributed by atoms with Gasteiger partial charge in [0.15, 0.2) is 6.61 Å². The van der Waals surface area contributed by atoms with Crippen molar-refractivity contribution in [3.8, 4) is 5.75 Å². The van der Waals surface area contributed by atoms with E-state index in [0.717, 1.165) is 0 Å². The molecule has 1 aliphatic rings. The minimum Gasteiger partial charge on any atom is -0.482 e. The van der Waals surface area contributed by atoms with E-state index in [4.69, 9.17) is 9.47 Å². The Morgan fingerprint density at radius 3 is 2.57 bits per heavy atom. The van der Waals surface area contributed by atoms with Gasteiger partial charge in [-0.2, -0.15) is 0 Å². The molecule has 146 valence electrons. The molecule has 2 aromatic rings. The van der Waals surface area contributed by atoms with Crippen LogP contribution in [0.1, 0.15) is 47.1 Å². The normalized spacial score (nSPS) is 13.5. The fraction of sp³-hybridized carbons (Fsp3) is 0.286. The number of carbonyl (C=O) groups is 3. The fourth-order valence-electron chi connectivity index (χ4n) is 2.82. The first-order valence-electron chi connectivity index (χ1n) is 8.77. The Bertz CT molecular complexity index is 944. The Labute approximate surface area is 162 Å². The zero-order valence-electron chi connectivity index (χ0n) is 15.9. The monoisotopic (exact) mass is 383 g/mol.